The SMILES string of the molecule is CC(=O)c1cccc[c]1[Bi]([I])[c]1c(C)cc(C)cc1C. The molecule has 20 heavy (non-hydrogen) atoms. The van der Waals surface area contributed by atoms with Crippen LogP contribution in [-0.2, 0) is 0 Å². The summed E-state index contributed by atoms with van der Waals surface area (Å²) in [6, 6.07) is 12.7. The van der Waals surface area contributed by atoms with Crippen LogP contribution in [0.3, 0.4) is 0 Å². The van der Waals surface area contributed by atoms with Crippen molar-refractivity contribution in [3.63, 3.8) is 0 Å². The predicted molar refractivity (Wildman–Crippen MR) is 96.1 cm³/mol. The van der Waals surface area contributed by atoms with Crippen molar-refractivity contribution in [2.24, 2.45) is 0 Å². The second kappa shape index (κ2) is 6.66. The first-order chi connectivity index (χ1) is 9.41. The van der Waals surface area contributed by atoms with E-state index in [9.17, 15) is 4.79 Å². The fourth-order valence-electron chi connectivity index (χ4n) is 2.55. The molecule has 0 saturated heterocycles. The first-order valence-corrected chi connectivity index (χ1v) is 19.8. The Hall–Kier alpha value is -0.277. The Bertz CT molecular complexity index is 641. The van der Waals surface area contributed by atoms with Gasteiger partial charge >= 0.3 is 139 Å². The van der Waals surface area contributed by atoms with E-state index in [2.05, 4.69) is 63.1 Å². The summed E-state index contributed by atoms with van der Waals surface area (Å²) in [7, 11) is 0. The molecule has 0 atom stereocenters. The van der Waals surface area contributed by atoms with Crippen molar-refractivity contribution in [1.29, 1.82) is 0 Å². The molecule has 0 bridgehead atoms. The van der Waals surface area contributed by atoms with E-state index in [0.717, 1.165) is 5.56 Å². The number of aryl methyl sites for hydroxylation is 3. The number of hydrogen-bond donors (Lipinski definition) is 0. The monoisotopic (exact) mass is 574 g/mol. The average Bonchev–Trinajstić information content (AvgIpc) is 2.37. The summed E-state index contributed by atoms with van der Waals surface area (Å²) < 4.78 is 2.84. The molecule has 0 N–H and O–H groups in total. The molecule has 0 saturated carbocycles. The van der Waals surface area contributed by atoms with Gasteiger partial charge in [-0.05, 0) is 0 Å². The Balaban J connectivity index is 2.58. The third-order valence-corrected chi connectivity index (χ3v) is 19.5. The Kier molecular flexibility index (Phi) is 5.36. The van der Waals surface area contributed by atoms with Gasteiger partial charge in [-0.25, -0.2) is 0 Å². The van der Waals surface area contributed by atoms with Gasteiger partial charge in [-0.2, -0.15) is 0 Å². The first kappa shape index (κ1) is 16.1. The van der Waals surface area contributed by atoms with Crippen LogP contribution in [0.25, 0.3) is 0 Å². The molecule has 1 nitrogen and oxygen atoms in total. The van der Waals surface area contributed by atoms with Gasteiger partial charge in [0, 0.05) is 0 Å². The zero-order valence-electron chi connectivity index (χ0n) is 12.2. The molecule has 2 aromatic carbocycles. The van der Waals surface area contributed by atoms with E-state index >= 15 is 0 Å². The van der Waals surface area contributed by atoms with E-state index in [1.54, 1.807) is 6.92 Å². The van der Waals surface area contributed by atoms with Crippen LogP contribution in [0.2, 0.25) is 0 Å². The summed E-state index contributed by atoms with van der Waals surface area (Å²) in [5.74, 6) is 0.180. The second-order valence-electron chi connectivity index (χ2n) is 5.10. The van der Waals surface area contributed by atoms with Crippen molar-refractivity contribution in [3.8, 4) is 0 Å². The van der Waals surface area contributed by atoms with E-state index in [4.69, 9.17) is 0 Å². The molecule has 0 heterocycles. The topological polar surface area (TPSA) is 17.1 Å². The molecule has 0 radical (unpaired) electrons. The Morgan fingerprint density at radius 1 is 1.05 bits per heavy atom. The number of ketones is 1. The standard InChI is InChI=1S/C9H11.C8H7O.Bi.HI/c1-7-4-8(2)6-9(3)5-7;1-7(9)8-5-3-2-4-6-8;;/h4-5H,1-3H3;2-5H,1H3;;1H/q;;+1;/p-1. The van der Waals surface area contributed by atoms with Gasteiger partial charge in [0.05, 0.1) is 0 Å². The van der Waals surface area contributed by atoms with Crippen molar-refractivity contribution < 1.29 is 4.79 Å². The fourth-order valence-corrected chi connectivity index (χ4v) is 19.3. The van der Waals surface area contributed by atoms with Gasteiger partial charge in [-0.1, -0.05) is 0 Å². The minimum atomic E-state index is -2.10. The maximum absolute atomic E-state index is 11.9. The van der Waals surface area contributed by atoms with E-state index in [1.165, 1.54) is 23.2 Å². The van der Waals surface area contributed by atoms with Crippen LogP contribution in [0.4, 0.5) is 0 Å². The number of carbonyl (C=O) groups is 1. The minimum absolute atomic E-state index is 0.180. The molecule has 0 aliphatic heterocycles. The molecular weight excluding hydrogens is 556 g/mol. The van der Waals surface area contributed by atoms with Gasteiger partial charge in [0.15, 0.2) is 0 Å². The zero-order chi connectivity index (χ0) is 14.9. The molecule has 104 valence electrons. The van der Waals surface area contributed by atoms with Crippen LogP contribution in [0, 0.1) is 20.8 Å². The van der Waals surface area contributed by atoms with Gasteiger partial charge in [0.25, 0.3) is 0 Å². The molecule has 2 rings (SSSR count). The van der Waals surface area contributed by atoms with Gasteiger partial charge < -0.3 is 0 Å². The molecule has 0 fully saturated rings. The van der Waals surface area contributed by atoms with Crippen molar-refractivity contribution in [2.45, 2.75) is 27.7 Å². The van der Waals surface area contributed by atoms with E-state index in [0.29, 0.717) is 0 Å². The summed E-state index contributed by atoms with van der Waals surface area (Å²) in [6.45, 7) is 8.21. The molecule has 0 spiro atoms. The second-order valence-corrected chi connectivity index (χ2v) is 19.4. The number of carbonyl (C=O) groups excluding carboxylic acids is 1. The van der Waals surface area contributed by atoms with Crippen LogP contribution < -0.4 is 6.54 Å². The molecule has 2 aromatic rings. The summed E-state index contributed by atoms with van der Waals surface area (Å²) in [4.78, 5) is 11.9. The number of rotatable bonds is 3. The number of Topliss-reactive ketones (excluding diaryl/α,β-unsaturated/α-hetero) is 1. The first-order valence-electron chi connectivity index (χ1n) is 6.55. The van der Waals surface area contributed by atoms with Crippen LogP contribution in [-0.4, -0.2) is 23.3 Å². The average molecular weight is 574 g/mol. The normalized spacial score (nSPS) is 10.9. The Morgan fingerprint density at radius 3 is 2.15 bits per heavy atom. The summed E-state index contributed by atoms with van der Waals surface area (Å²) in [5.41, 5.74) is 5.00. The zero-order valence-corrected chi connectivity index (χ0v) is 17.8. The number of benzene rings is 2. The Morgan fingerprint density at radius 2 is 1.60 bits per heavy atom. The van der Waals surface area contributed by atoms with Crippen LogP contribution in [0.15, 0.2) is 36.4 Å². The molecule has 0 aliphatic carbocycles. The third-order valence-electron chi connectivity index (χ3n) is 3.33. The van der Waals surface area contributed by atoms with Gasteiger partial charge in [-0.3, -0.25) is 0 Å². The predicted octanol–water partition coefficient (Wildman–Crippen LogP) is 3.36. The quantitative estimate of drug-likeness (QED) is 0.313. The van der Waals surface area contributed by atoms with Gasteiger partial charge in [0.2, 0.25) is 0 Å². The van der Waals surface area contributed by atoms with Crippen molar-refractivity contribution in [1.82, 2.24) is 0 Å². The van der Waals surface area contributed by atoms with Gasteiger partial charge in [0.1, 0.15) is 0 Å². The summed E-state index contributed by atoms with van der Waals surface area (Å²) in [5, 5.41) is 0. The molecule has 0 amide bonds. The number of halogens is 1. The van der Waals surface area contributed by atoms with Crippen LogP contribution >= 0.6 is 18.0 Å². The molecule has 0 unspecified atom stereocenters. The van der Waals surface area contributed by atoms with Crippen molar-refractivity contribution in [3.05, 3.63) is 58.7 Å². The summed E-state index contributed by atoms with van der Waals surface area (Å²) in [6.07, 6.45) is 0. The maximum atomic E-state index is 11.9. The van der Waals surface area contributed by atoms with E-state index in [1.807, 2.05) is 12.1 Å². The van der Waals surface area contributed by atoms with E-state index in [-0.39, 0.29) is 5.78 Å². The molecule has 0 aliphatic rings. The van der Waals surface area contributed by atoms with Crippen LogP contribution in [0.1, 0.15) is 34.0 Å². The molecule has 3 heteroatoms. The van der Waals surface area contributed by atoms with Crippen LogP contribution in [0.5, 0.6) is 0 Å². The molecule has 0 aromatic heterocycles. The Labute approximate surface area is 138 Å². The van der Waals surface area contributed by atoms with Crippen molar-refractivity contribution >= 4 is 47.9 Å². The van der Waals surface area contributed by atoms with Gasteiger partial charge in [-0.15, -0.1) is 0 Å². The third kappa shape index (κ3) is 3.31. The fraction of sp³-hybridized carbons (Fsp3) is 0.235. The number of hydrogen-bond acceptors (Lipinski definition) is 1. The summed E-state index contributed by atoms with van der Waals surface area (Å²) >= 11 is 0.551. The van der Waals surface area contributed by atoms with Crippen molar-refractivity contribution in [2.75, 3.05) is 0 Å². The van der Waals surface area contributed by atoms with E-state index < -0.39 is 17.6 Å². The molecular formula is C17H18BiIO.